The van der Waals surface area contributed by atoms with Gasteiger partial charge in [-0.15, -0.1) is 0 Å². The molecule has 0 aromatic heterocycles. The van der Waals surface area contributed by atoms with E-state index in [1.54, 1.807) is 0 Å². The summed E-state index contributed by atoms with van der Waals surface area (Å²) in [5.41, 5.74) is 0. The Morgan fingerprint density at radius 1 is 0.947 bits per heavy atom. The first-order valence-corrected chi connectivity index (χ1v) is 6.76. The summed E-state index contributed by atoms with van der Waals surface area (Å²) in [6.07, 6.45) is 1.53. The van der Waals surface area contributed by atoms with Gasteiger partial charge in [0.05, 0.1) is 6.61 Å². The molecule has 1 rings (SSSR count). The Labute approximate surface area is 115 Å². The van der Waals surface area contributed by atoms with Crippen molar-refractivity contribution in [1.29, 1.82) is 0 Å². The number of rotatable bonds is 6. The molecular formula is C12H12BrF5O. The predicted octanol–water partition coefficient (Wildman–Crippen LogP) is 4.57. The molecule has 1 aromatic carbocycles. The topological polar surface area (TPSA) is 9.23 Å². The fourth-order valence-electron chi connectivity index (χ4n) is 1.53. The average Bonchev–Trinajstić information content (AvgIpc) is 2.41. The lowest BCUT2D eigenvalue weighted by atomic mass is 10.1. The van der Waals surface area contributed by atoms with Gasteiger partial charge in [-0.05, 0) is 6.42 Å². The van der Waals surface area contributed by atoms with Crippen molar-refractivity contribution in [1.82, 2.24) is 0 Å². The van der Waals surface area contributed by atoms with Gasteiger partial charge in [-0.25, -0.2) is 13.2 Å². The summed E-state index contributed by atoms with van der Waals surface area (Å²) in [5, 5.41) is 0.510. The summed E-state index contributed by atoms with van der Waals surface area (Å²) >= 11 is 3.19. The maximum atomic E-state index is 13.3. The van der Waals surface area contributed by atoms with Gasteiger partial charge in [-0.3, -0.25) is 0 Å². The Balaban J connectivity index is 2.95. The zero-order chi connectivity index (χ0) is 14.6. The van der Waals surface area contributed by atoms with Crippen LogP contribution in [0.5, 0.6) is 5.75 Å². The van der Waals surface area contributed by atoms with Crippen LogP contribution in [-0.2, 0) is 0 Å². The molecule has 0 aliphatic rings. The van der Waals surface area contributed by atoms with E-state index in [0.29, 0.717) is 11.8 Å². The summed E-state index contributed by atoms with van der Waals surface area (Å²) < 4.78 is 69.9. The molecule has 0 N–H and O–H groups in total. The third kappa shape index (κ3) is 3.58. The van der Waals surface area contributed by atoms with E-state index in [4.69, 9.17) is 4.74 Å². The molecule has 19 heavy (non-hydrogen) atoms. The van der Waals surface area contributed by atoms with Crippen molar-refractivity contribution < 1.29 is 26.7 Å². The van der Waals surface area contributed by atoms with Gasteiger partial charge in [-0.2, -0.15) is 8.78 Å². The second-order valence-electron chi connectivity index (χ2n) is 4.02. The first-order valence-electron chi connectivity index (χ1n) is 5.64. The van der Waals surface area contributed by atoms with E-state index in [9.17, 15) is 22.0 Å². The number of alkyl halides is 1. The highest BCUT2D eigenvalue weighted by atomic mass is 79.9. The minimum atomic E-state index is -2.19. The molecular weight excluding hydrogens is 335 g/mol. The normalized spacial score (nSPS) is 12.6. The Morgan fingerprint density at radius 2 is 1.42 bits per heavy atom. The van der Waals surface area contributed by atoms with E-state index in [2.05, 4.69) is 15.9 Å². The molecule has 7 heteroatoms. The third-order valence-corrected chi connectivity index (χ3v) is 3.46. The minimum Gasteiger partial charge on any atom is -0.487 e. The molecule has 0 saturated carbocycles. The Kier molecular flexibility index (Phi) is 6.03. The highest BCUT2D eigenvalue weighted by Crippen LogP contribution is 2.29. The molecule has 0 saturated heterocycles. The molecule has 0 bridgehead atoms. The Morgan fingerprint density at radius 3 is 1.84 bits per heavy atom. The fourth-order valence-corrected chi connectivity index (χ4v) is 2.04. The van der Waals surface area contributed by atoms with Crippen molar-refractivity contribution >= 4 is 15.9 Å². The molecule has 1 unspecified atom stereocenters. The van der Waals surface area contributed by atoms with E-state index in [1.807, 2.05) is 6.92 Å². The largest absolute Gasteiger partial charge is 0.487 e. The van der Waals surface area contributed by atoms with Crippen molar-refractivity contribution in [2.24, 2.45) is 5.92 Å². The number of hydrogen-bond donors (Lipinski definition) is 0. The van der Waals surface area contributed by atoms with E-state index in [0.717, 1.165) is 6.42 Å². The Hall–Kier alpha value is -0.850. The van der Waals surface area contributed by atoms with Gasteiger partial charge >= 0.3 is 0 Å². The molecule has 0 heterocycles. The molecule has 1 atom stereocenters. The van der Waals surface area contributed by atoms with Crippen LogP contribution in [0.1, 0.15) is 19.8 Å². The molecule has 1 aromatic rings. The van der Waals surface area contributed by atoms with Gasteiger partial charge in [0, 0.05) is 11.2 Å². The minimum absolute atomic E-state index is 0.0695. The SMILES string of the molecule is CCCC(CBr)COc1c(F)c(F)c(F)c(F)c1F. The summed E-state index contributed by atoms with van der Waals surface area (Å²) in [5.74, 6) is -11.4. The monoisotopic (exact) mass is 346 g/mol. The van der Waals surface area contributed by atoms with Crippen LogP contribution >= 0.6 is 15.9 Å². The van der Waals surface area contributed by atoms with Gasteiger partial charge in [0.15, 0.2) is 5.75 Å². The lowest BCUT2D eigenvalue weighted by Gasteiger charge is -2.15. The molecule has 0 aliphatic heterocycles. The van der Waals surface area contributed by atoms with Crippen LogP contribution in [-0.4, -0.2) is 11.9 Å². The van der Waals surface area contributed by atoms with Crippen LogP contribution < -0.4 is 4.74 Å². The summed E-state index contributed by atoms with van der Waals surface area (Å²) in [4.78, 5) is 0. The quantitative estimate of drug-likeness (QED) is 0.317. The second-order valence-corrected chi connectivity index (χ2v) is 4.67. The van der Waals surface area contributed by atoms with E-state index in [1.165, 1.54) is 0 Å². The van der Waals surface area contributed by atoms with Crippen molar-refractivity contribution in [3.8, 4) is 5.75 Å². The Bertz CT molecular complexity index is 423. The first kappa shape index (κ1) is 16.2. The first-order chi connectivity index (χ1) is 8.93. The number of benzene rings is 1. The average molecular weight is 347 g/mol. The molecule has 0 radical (unpaired) electrons. The van der Waals surface area contributed by atoms with Crippen LogP contribution in [0.4, 0.5) is 22.0 Å². The smallest absolute Gasteiger partial charge is 0.206 e. The van der Waals surface area contributed by atoms with Gasteiger partial charge in [0.2, 0.25) is 29.1 Å². The fraction of sp³-hybridized carbons (Fsp3) is 0.500. The predicted molar refractivity (Wildman–Crippen MR) is 63.9 cm³/mol. The zero-order valence-corrected chi connectivity index (χ0v) is 11.7. The lowest BCUT2D eigenvalue weighted by Crippen LogP contribution is -2.16. The molecule has 0 aliphatic carbocycles. The highest BCUT2D eigenvalue weighted by Gasteiger charge is 2.27. The van der Waals surface area contributed by atoms with Crippen LogP contribution in [0.25, 0.3) is 0 Å². The van der Waals surface area contributed by atoms with E-state index in [-0.39, 0.29) is 12.5 Å². The van der Waals surface area contributed by atoms with Gasteiger partial charge in [0.1, 0.15) is 0 Å². The molecule has 0 amide bonds. The van der Waals surface area contributed by atoms with Gasteiger partial charge in [0.25, 0.3) is 0 Å². The van der Waals surface area contributed by atoms with Crippen molar-refractivity contribution in [3.05, 3.63) is 29.1 Å². The van der Waals surface area contributed by atoms with Crippen LogP contribution in [0.3, 0.4) is 0 Å². The van der Waals surface area contributed by atoms with Crippen molar-refractivity contribution in [3.63, 3.8) is 0 Å². The van der Waals surface area contributed by atoms with Crippen LogP contribution in [0.2, 0.25) is 0 Å². The van der Waals surface area contributed by atoms with Crippen molar-refractivity contribution in [2.45, 2.75) is 19.8 Å². The van der Waals surface area contributed by atoms with Gasteiger partial charge in [-0.1, -0.05) is 29.3 Å². The van der Waals surface area contributed by atoms with E-state index >= 15 is 0 Å². The number of hydrogen-bond acceptors (Lipinski definition) is 1. The molecule has 1 nitrogen and oxygen atoms in total. The van der Waals surface area contributed by atoms with E-state index < -0.39 is 34.8 Å². The van der Waals surface area contributed by atoms with Crippen LogP contribution in [0.15, 0.2) is 0 Å². The standard InChI is InChI=1S/C12H12BrF5O/c1-2-3-6(4-13)5-19-12-10(17)8(15)7(14)9(16)11(12)18/h6H,2-5H2,1H3. The summed E-state index contributed by atoms with van der Waals surface area (Å²) in [7, 11) is 0. The molecule has 0 fully saturated rings. The lowest BCUT2D eigenvalue weighted by molar-refractivity contribution is 0.222. The van der Waals surface area contributed by atoms with Gasteiger partial charge < -0.3 is 4.74 Å². The van der Waals surface area contributed by atoms with Crippen LogP contribution in [0, 0.1) is 35.0 Å². The maximum Gasteiger partial charge on any atom is 0.206 e. The third-order valence-electron chi connectivity index (χ3n) is 2.55. The summed E-state index contributed by atoms with van der Waals surface area (Å²) in [6, 6.07) is 0. The molecule has 0 spiro atoms. The summed E-state index contributed by atoms with van der Waals surface area (Å²) in [6.45, 7) is 1.78. The van der Waals surface area contributed by atoms with Crippen molar-refractivity contribution in [2.75, 3.05) is 11.9 Å². The number of halogens is 6. The molecule has 108 valence electrons. The maximum absolute atomic E-state index is 13.3. The number of ether oxygens (including phenoxy) is 1. The second kappa shape index (κ2) is 7.07. The highest BCUT2D eigenvalue weighted by molar-refractivity contribution is 9.09. The zero-order valence-electron chi connectivity index (χ0n) is 10.1.